The van der Waals surface area contributed by atoms with Crippen LogP contribution in [0.2, 0.25) is 0 Å². The van der Waals surface area contributed by atoms with Gasteiger partial charge in [0, 0.05) is 38.6 Å². The number of hydrogen-bond acceptors (Lipinski definition) is 7. The van der Waals surface area contributed by atoms with Gasteiger partial charge in [0.1, 0.15) is 11.8 Å². The maximum Gasteiger partial charge on any atom is 0.433 e. The van der Waals surface area contributed by atoms with Crippen molar-refractivity contribution in [2.75, 3.05) is 26.2 Å². The van der Waals surface area contributed by atoms with Gasteiger partial charge in [0.05, 0.1) is 18.1 Å². The summed E-state index contributed by atoms with van der Waals surface area (Å²) in [6, 6.07) is 2.78. The number of nitrogens with zero attached hydrogens (tertiary/aromatic N) is 5. The number of piperazine rings is 1. The molecule has 32 heavy (non-hydrogen) atoms. The molecule has 0 aromatic carbocycles. The van der Waals surface area contributed by atoms with E-state index in [1.54, 1.807) is 6.20 Å². The smallest absolute Gasteiger partial charge is 0.433 e. The van der Waals surface area contributed by atoms with Gasteiger partial charge in [-0.3, -0.25) is 4.90 Å². The Morgan fingerprint density at radius 2 is 1.97 bits per heavy atom. The molecule has 0 spiro atoms. The van der Waals surface area contributed by atoms with Crippen molar-refractivity contribution in [3.8, 4) is 5.88 Å². The van der Waals surface area contributed by atoms with Gasteiger partial charge in [-0.15, -0.1) is 0 Å². The molecule has 8 nitrogen and oxygen atoms in total. The number of pyridine rings is 1. The lowest BCUT2D eigenvalue weighted by Crippen LogP contribution is -2.52. The Kier molecular flexibility index (Phi) is 5.94. The minimum absolute atomic E-state index is 0.114. The fourth-order valence-electron chi connectivity index (χ4n) is 3.89. The Hall–Kier alpha value is -2.57. The number of halogens is 3. The molecule has 4 rings (SSSR count). The Balaban J connectivity index is 1.43. The number of sulfonamides is 1. The van der Waals surface area contributed by atoms with Crippen LogP contribution in [0.4, 0.5) is 13.2 Å². The van der Waals surface area contributed by atoms with Crippen LogP contribution >= 0.6 is 0 Å². The second-order valence-corrected chi connectivity index (χ2v) is 9.75. The number of alkyl halides is 3. The Morgan fingerprint density at radius 1 is 1.19 bits per heavy atom. The van der Waals surface area contributed by atoms with E-state index in [-0.39, 0.29) is 25.2 Å². The van der Waals surface area contributed by atoms with Crippen molar-refractivity contribution in [3.05, 3.63) is 48.6 Å². The van der Waals surface area contributed by atoms with Crippen molar-refractivity contribution in [1.29, 1.82) is 0 Å². The Morgan fingerprint density at radius 3 is 2.62 bits per heavy atom. The third-order valence-corrected chi connectivity index (χ3v) is 7.28. The summed E-state index contributed by atoms with van der Waals surface area (Å²) in [4.78, 5) is 13.9. The highest BCUT2D eigenvalue weighted by molar-refractivity contribution is 7.89. The van der Waals surface area contributed by atoms with Crippen LogP contribution in [0.25, 0.3) is 5.57 Å². The highest BCUT2D eigenvalue weighted by Crippen LogP contribution is 2.30. The summed E-state index contributed by atoms with van der Waals surface area (Å²) >= 11 is 0. The molecule has 2 saturated heterocycles. The molecule has 172 valence electrons. The lowest BCUT2D eigenvalue weighted by molar-refractivity contribution is -0.141. The number of allylic oxidation sites excluding steroid dienone is 1. The molecule has 0 radical (unpaired) electrons. The van der Waals surface area contributed by atoms with Gasteiger partial charge in [-0.05, 0) is 24.6 Å². The molecular formula is C20H22F3N5O3S. The highest BCUT2D eigenvalue weighted by Gasteiger charge is 2.42. The zero-order valence-corrected chi connectivity index (χ0v) is 18.1. The fraction of sp³-hybridized carbons (Fsp3) is 0.450. The largest absolute Gasteiger partial charge is 0.472 e. The second kappa shape index (κ2) is 8.41. The molecule has 2 aliphatic rings. The van der Waals surface area contributed by atoms with Gasteiger partial charge in [0.2, 0.25) is 5.88 Å². The summed E-state index contributed by atoms with van der Waals surface area (Å²) in [5, 5.41) is -0.598. The summed E-state index contributed by atoms with van der Waals surface area (Å²) in [5.74, 6) is 0.373. The van der Waals surface area contributed by atoms with E-state index < -0.39 is 26.9 Å². The minimum Gasteiger partial charge on any atom is -0.472 e. The number of rotatable bonds is 5. The van der Waals surface area contributed by atoms with Gasteiger partial charge in [-0.1, -0.05) is 12.6 Å². The van der Waals surface area contributed by atoms with Crippen molar-refractivity contribution >= 4 is 15.6 Å². The first kappa shape index (κ1) is 22.6. The molecule has 12 heteroatoms. The molecule has 0 amide bonds. The Bertz CT molecular complexity index is 1110. The predicted octanol–water partition coefficient (Wildman–Crippen LogP) is 2.45. The highest BCUT2D eigenvalue weighted by atomic mass is 32.2. The molecule has 4 heterocycles. The zero-order chi connectivity index (χ0) is 23.1. The van der Waals surface area contributed by atoms with Crippen molar-refractivity contribution < 1.29 is 26.3 Å². The van der Waals surface area contributed by atoms with Crippen molar-refractivity contribution in [1.82, 2.24) is 24.2 Å². The summed E-state index contributed by atoms with van der Waals surface area (Å²) in [6.45, 7) is 7.00. The molecule has 0 bridgehead atoms. The third kappa shape index (κ3) is 4.62. The average molecular weight is 469 g/mol. The van der Waals surface area contributed by atoms with Crippen molar-refractivity contribution in [2.45, 2.75) is 36.7 Å². The van der Waals surface area contributed by atoms with E-state index in [1.807, 2.05) is 6.92 Å². The summed E-state index contributed by atoms with van der Waals surface area (Å²) in [7, 11) is -4.15. The molecule has 2 aliphatic heterocycles. The van der Waals surface area contributed by atoms with Gasteiger partial charge in [0.15, 0.2) is 5.03 Å². The number of aromatic nitrogens is 3. The van der Waals surface area contributed by atoms with Crippen molar-refractivity contribution in [2.24, 2.45) is 0 Å². The van der Waals surface area contributed by atoms with Gasteiger partial charge in [-0.25, -0.2) is 23.4 Å². The minimum atomic E-state index is -4.72. The molecule has 2 aromatic heterocycles. The van der Waals surface area contributed by atoms with E-state index in [9.17, 15) is 21.6 Å². The fourth-order valence-corrected chi connectivity index (χ4v) is 5.31. The normalized spacial score (nSPS) is 22.5. The molecule has 0 N–H and O–H groups in total. The van der Waals surface area contributed by atoms with Gasteiger partial charge in [-0.2, -0.15) is 17.5 Å². The van der Waals surface area contributed by atoms with Crippen LogP contribution in [0, 0.1) is 0 Å². The molecule has 0 unspecified atom stereocenters. The van der Waals surface area contributed by atoms with E-state index in [2.05, 4.69) is 26.4 Å². The molecule has 0 aliphatic carbocycles. The van der Waals surface area contributed by atoms with E-state index in [0.29, 0.717) is 31.1 Å². The van der Waals surface area contributed by atoms with Crippen molar-refractivity contribution in [3.63, 3.8) is 0 Å². The van der Waals surface area contributed by atoms with E-state index in [0.717, 1.165) is 23.8 Å². The number of ether oxygens (including phenoxy) is 1. The average Bonchev–Trinajstić information content (AvgIpc) is 3.15. The van der Waals surface area contributed by atoms with Crippen LogP contribution in [0.3, 0.4) is 0 Å². The van der Waals surface area contributed by atoms with Gasteiger partial charge < -0.3 is 4.74 Å². The topological polar surface area (TPSA) is 88.5 Å². The predicted molar refractivity (Wildman–Crippen MR) is 109 cm³/mol. The van der Waals surface area contributed by atoms with Gasteiger partial charge >= 0.3 is 6.18 Å². The van der Waals surface area contributed by atoms with Crippen LogP contribution in [-0.4, -0.2) is 70.9 Å². The first-order chi connectivity index (χ1) is 15.0. The first-order valence-electron chi connectivity index (χ1n) is 9.97. The number of hydrogen-bond donors (Lipinski definition) is 0. The van der Waals surface area contributed by atoms with Crippen LogP contribution < -0.4 is 4.74 Å². The third-order valence-electron chi connectivity index (χ3n) is 5.51. The summed E-state index contributed by atoms with van der Waals surface area (Å²) < 4.78 is 71.8. The lowest BCUT2D eigenvalue weighted by atomic mass is 10.2. The zero-order valence-electron chi connectivity index (χ0n) is 17.3. The van der Waals surface area contributed by atoms with Crippen LogP contribution in [0.15, 0.2) is 42.2 Å². The monoisotopic (exact) mass is 469 g/mol. The second-order valence-electron chi connectivity index (χ2n) is 7.87. The quantitative estimate of drug-likeness (QED) is 0.665. The SMILES string of the molecule is C=C(C)c1cnc(O[C@@H]2C[C@H]3CN(S(=O)(=O)c4cccc(C(F)(F)F)n4)CCN3C2)cn1. The number of fused-ring (bicyclic) bond motifs is 1. The molecular weight excluding hydrogens is 447 g/mol. The Labute approximate surface area is 183 Å². The summed E-state index contributed by atoms with van der Waals surface area (Å²) in [5.41, 5.74) is 0.231. The molecule has 2 atom stereocenters. The van der Waals surface area contributed by atoms with Crippen LogP contribution in [-0.2, 0) is 16.2 Å². The van der Waals surface area contributed by atoms with E-state index in [4.69, 9.17) is 4.74 Å². The van der Waals surface area contributed by atoms with Crippen LogP contribution in [0.5, 0.6) is 5.88 Å². The summed E-state index contributed by atoms with van der Waals surface area (Å²) in [6.07, 6.45) is -1.25. The van der Waals surface area contributed by atoms with E-state index in [1.165, 1.54) is 10.5 Å². The van der Waals surface area contributed by atoms with Gasteiger partial charge in [0.25, 0.3) is 10.0 Å². The van der Waals surface area contributed by atoms with Crippen LogP contribution in [0.1, 0.15) is 24.7 Å². The standard InChI is InChI=1S/C20H22F3N5O3S/c1-13(2)16-9-25-18(10-24-16)31-15-8-14-11-28(7-6-27(14)12-15)32(29,30)19-5-3-4-17(26-19)20(21,22)23/h3-5,9-10,14-15H,1,6-8,11-12H2,2H3/t14-,15+/m0/s1. The van der Waals surface area contributed by atoms with E-state index >= 15 is 0 Å². The maximum absolute atomic E-state index is 13.0. The molecule has 2 fully saturated rings. The lowest BCUT2D eigenvalue weighted by Gasteiger charge is -2.36. The molecule has 0 saturated carbocycles. The maximum atomic E-state index is 13.0. The molecule has 2 aromatic rings. The first-order valence-corrected chi connectivity index (χ1v) is 11.4.